The number of hydrogen-bond donors (Lipinski definition) is 1. The van der Waals surface area contributed by atoms with Crippen LogP contribution in [-0.4, -0.2) is 56.3 Å². The molecule has 2 N–H and O–H groups in total. The Hall–Kier alpha value is -1.37. The van der Waals surface area contributed by atoms with Gasteiger partial charge >= 0.3 is 0 Å². The molecule has 19 heavy (non-hydrogen) atoms. The molecule has 0 spiro atoms. The van der Waals surface area contributed by atoms with Crippen molar-refractivity contribution in [2.75, 3.05) is 46.3 Å². The van der Waals surface area contributed by atoms with E-state index in [4.69, 9.17) is 15.2 Å². The Bertz CT molecular complexity index is 382. The molecule has 7 heteroatoms. The molecular weight excluding hydrogens is 270 g/mol. The third kappa shape index (κ3) is 5.42. The van der Waals surface area contributed by atoms with Gasteiger partial charge in [0, 0.05) is 45.4 Å². The molecule has 108 valence electrons. The van der Waals surface area contributed by atoms with Gasteiger partial charge in [-0.25, -0.2) is 0 Å². The zero-order valence-corrected chi connectivity index (χ0v) is 12.0. The molecule has 0 fully saturated rings. The summed E-state index contributed by atoms with van der Waals surface area (Å²) in [6.07, 6.45) is 3.03. The molecule has 1 rings (SSSR count). The summed E-state index contributed by atoms with van der Waals surface area (Å²) in [5.41, 5.74) is 6.60. The second-order valence-corrected chi connectivity index (χ2v) is 3.74. The van der Waals surface area contributed by atoms with Crippen molar-refractivity contribution in [2.45, 2.75) is 0 Å². The molecular formula is C12H20ClN3O3. The van der Waals surface area contributed by atoms with Crippen molar-refractivity contribution in [3.8, 4) is 0 Å². The monoisotopic (exact) mass is 289 g/mol. The van der Waals surface area contributed by atoms with Gasteiger partial charge < -0.3 is 20.1 Å². The van der Waals surface area contributed by atoms with Crippen LogP contribution in [0, 0.1) is 0 Å². The minimum atomic E-state index is -0.158. The smallest absolute Gasteiger partial charge is 0.257 e. The van der Waals surface area contributed by atoms with Gasteiger partial charge in [-0.3, -0.25) is 9.78 Å². The number of ether oxygens (including phenoxy) is 2. The lowest BCUT2D eigenvalue weighted by atomic mass is 10.2. The summed E-state index contributed by atoms with van der Waals surface area (Å²) < 4.78 is 9.97. The van der Waals surface area contributed by atoms with Gasteiger partial charge in [0.15, 0.2) is 0 Å². The maximum atomic E-state index is 12.3. The van der Waals surface area contributed by atoms with Crippen LogP contribution in [-0.2, 0) is 9.47 Å². The maximum absolute atomic E-state index is 12.3. The number of hydrogen-bond acceptors (Lipinski definition) is 5. The van der Waals surface area contributed by atoms with Crippen LogP contribution in [0.2, 0.25) is 0 Å². The van der Waals surface area contributed by atoms with Crippen LogP contribution >= 0.6 is 12.4 Å². The summed E-state index contributed by atoms with van der Waals surface area (Å²) in [4.78, 5) is 17.8. The first-order valence-corrected chi connectivity index (χ1v) is 5.67. The lowest BCUT2D eigenvalue weighted by Crippen LogP contribution is -2.36. The number of halogens is 1. The summed E-state index contributed by atoms with van der Waals surface area (Å²) in [5, 5.41) is 0. The molecule has 0 saturated heterocycles. The fourth-order valence-electron chi connectivity index (χ4n) is 1.47. The number of nitrogens with zero attached hydrogens (tertiary/aromatic N) is 2. The van der Waals surface area contributed by atoms with E-state index < -0.39 is 0 Å². The molecule has 0 aliphatic heterocycles. The van der Waals surface area contributed by atoms with E-state index in [1.54, 1.807) is 31.4 Å². The number of nitrogen functional groups attached to an aromatic ring is 1. The normalized spacial score (nSPS) is 9.79. The van der Waals surface area contributed by atoms with Crippen molar-refractivity contribution >= 4 is 24.0 Å². The first-order chi connectivity index (χ1) is 8.70. The van der Waals surface area contributed by atoms with Crippen molar-refractivity contribution in [3.05, 3.63) is 24.0 Å². The Kier molecular flexibility index (Phi) is 8.86. The summed E-state index contributed by atoms with van der Waals surface area (Å²) in [6.45, 7) is 1.92. The first kappa shape index (κ1) is 17.6. The van der Waals surface area contributed by atoms with Gasteiger partial charge in [-0.05, 0) is 6.07 Å². The molecule has 0 saturated carbocycles. The van der Waals surface area contributed by atoms with Crippen molar-refractivity contribution < 1.29 is 14.3 Å². The summed E-state index contributed by atoms with van der Waals surface area (Å²) in [7, 11) is 3.19. The van der Waals surface area contributed by atoms with E-state index in [9.17, 15) is 4.79 Å². The Balaban J connectivity index is 0.00000324. The van der Waals surface area contributed by atoms with E-state index >= 15 is 0 Å². The van der Waals surface area contributed by atoms with Gasteiger partial charge in [0.25, 0.3) is 5.91 Å². The number of anilines is 1. The van der Waals surface area contributed by atoms with E-state index in [1.807, 2.05) is 0 Å². The largest absolute Gasteiger partial charge is 0.398 e. The average Bonchev–Trinajstić information content (AvgIpc) is 2.39. The first-order valence-electron chi connectivity index (χ1n) is 5.67. The SMILES string of the molecule is COCCN(CCOC)C(=O)c1cnccc1N.Cl. The van der Waals surface area contributed by atoms with E-state index in [1.165, 1.54) is 6.20 Å². The van der Waals surface area contributed by atoms with Crippen LogP contribution < -0.4 is 5.73 Å². The number of carbonyl (C=O) groups excluding carboxylic acids is 1. The third-order valence-corrected chi connectivity index (χ3v) is 2.50. The molecule has 0 unspecified atom stereocenters. The van der Waals surface area contributed by atoms with E-state index in [-0.39, 0.29) is 18.3 Å². The minimum absolute atomic E-state index is 0. The Morgan fingerprint density at radius 3 is 2.37 bits per heavy atom. The summed E-state index contributed by atoms with van der Waals surface area (Å²) in [6, 6.07) is 1.61. The number of pyridine rings is 1. The Morgan fingerprint density at radius 2 is 1.89 bits per heavy atom. The van der Waals surface area contributed by atoms with Gasteiger partial charge in [-0.15, -0.1) is 12.4 Å². The lowest BCUT2D eigenvalue weighted by Gasteiger charge is -2.22. The Morgan fingerprint density at radius 1 is 1.32 bits per heavy atom. The van der Waals surface area contributed by atoms with Crippen molar-refractivity contribution in [3.63, 3.8) is 0 Å². The number of aromatic nitrogens is 1. The molecule has 0 aromatic carbocycles. The zero-order valence-electron chi connectivity index (χ0n) is 11.2. The van der Waals surface area contributed by atoms with Gasteiger partial charge in [0.2, 0.25) is 0 Å². The van der Waals surface area contributed by atoms with Crippen LogP contribution in [0.1, 0.15) is 10.4 Å². The predicted molar refractivity (Wildman–Crippen MR) is 75.6 cm³/mol. The van der Waals surface area contributed by atoms with Gasteiger partial charge in [0.05, 0.1) is 18.8 Å². The molecule has 6 nitrogen and oxygen atoms in total. The van der Waals surface area contributed by atoms with Crippen LogP contribution in [0.25, 0.3) is 0 Å². The topological polar surface area (TPSA) is 77.7 Å². The maximum Gasteiger partial charge on any atom is 0.257 e. The number of methoxy groups -OCH3 is 2. The second-order valence-electron chi connectivity index (χ2n) is 3.74. The van der Waals surface area contributed by atoms with Crippen molar-refractivity contribution in [2.24, 2.45) is 0 Å². The highest BCUT2D eigenvalue weighted by molar-refractivity contribution is 5.98. The lowest BCUT2D eigenvalue weighted by molar-refractivity contribution is 0.0628. The standard InChI is InChI=1S/C12H19N3O3.ClH/c1-17-7-5-15(6-8-18-2)12(16)10-9-14-4-3-11(10)13;/h3-4,9H,5-8H2,1-2H3,(H2,13,14);1H. The molecule has 1 heterocycles. The van der Waals surface area contributed by atoms with Gasteiger partial charge in [-0.1, -0.05) is 0 Å². The van der Waals surface area contributed by atoms with Crippen LogP contribution in [0.15, 0.2) is 18.5 Å². The molecule has 0 aliphatic rings. The predicted octanol–water partition coefficient (Wildman–Crippen LogP) is 0.821. The van der Waals surface area contributed by atoms with Crippen molar-refractivity contribution in [1.29, 1.82) is 0 Å². The van der Waals surface area contributed by atoms with Crippen LogP contribution in [0.4, 0.5) is 5.69 Å². The van der Waals surface area contributed by atoms with E-state index in [2.05, 4.69) is 4.98 Å². The third-order valence-electron chi connectivity index (χ3n) is 2.50. The van der Waals surface area contributed by atoms with E-state index in [0.29, 0.717) is 37.6 Å². The highest BCUT2D eigenvalue weighted by Crippen LogP contribution is 2.11. The quantitative estimate of drug-likeness (QED) is 0.804. The fourth-order valence-corrected chi connectivity index (χ4v) is 1.47. The number of nitrogens with two attached hydrogens (primary N) is 1. The minimum Gasteiger partial charge on any atom is -0.398 e. The summed E-state index contributed by atoms with van der Waals surface area (Å²) >= 11 is 0. The molecule has 0 radical (unpaired) electrons. The number of amides is 1. The van der Waals surface area contributed by atoms with Crippen LogP contribution in [0.3, 0.4) is 0 Å². The van der Waals surface area contributed by atoms with Crippen molar-refractivity contribution in [1.82, 2.24) is 9.88 Å². The molecule has 1 aromatic heterocycles. The van der Waals surface area contributed by atoms with Gasteiger partial charge in [0.1, 0.15) is 0 Å². The molecule has 0 atom stereocenters. The Labute approximate surface area is 119 Å². The second kappa shape index (κ2) is 9.55. The molecule has 0 aliphatic carbocycles. The van der Waals surface area contributed by atoms with Crippen LogP contribution in [0.5, 0.6) is 0 Å². The molecule has 1 aromatic rings. The zero-order chi connectivity index (χ0) is 13.4. The highest BCUT2D eigenvalue weighted by Gasteiger charge is 2.17. The molecule has 0 bridgehead atoms. The average molecular weight is 290 g/mol. The molecule has 1 amide bonds. The number of carbonyl (C=O) groups is 1. The van der Waals surface area contributed by atoms with E-state index in [0.717, 1.165) is 0 Å². The van der Waals surface area contributed by atoms with Gasteiger partial charge in [-0.2, -0.15) is 0 Å². The fraction of sp³-hybridized carbons (Fsp3) is 0.500. The summed E-state index contributed by atoms with van der Waals surface area (Å²) in [5.74, 6) is -0.158. The number of rotatable bonds is 7. The highest BCUT2D eigenvalue weighted by atomic mass is 35.5.